The van der Waals surface area contributed by atoms with E-state index in [1.54, 1.807) is 24.3 Å². The Bertz CT molecular complexity index is 999. The number of aromatic nitrogens is 2. The Kier molecular flexibility index (Phi) is 5.62. The van der Waals surface area contributed by atoms with Crippen LogP contribution < -0.4 is 9.64 Å². The zero-order valence-electron chi connectivity index (χ0n) is 16.3. The number of pyridine rings is 1. The van der Waals surface area contributed by atoms with Gasteiger partial charge in [0.25, 0.3) is 5.91 Å². The maximum Gasteiger partial charge on any atom is 0.290 e. The summed E-state index contributed by atoms with van der Waals surface area (Å²) in [6.07, 6.45) is 3.05. The molecule has 0 bridgehead atoms. The molecule has 7 nitrogen and oxygen atoms in total. The second-order valence-corrected chi connectivity index (χ2v) is 6.78. The van der Waals surface area contributed by atoms with Crippen LogP contribution >= 0.6 is 0 Å². The first-order valence-corrected chi connectivity index (χ1v) is 9.55. The molecule has 4 rings (SSSR count). The summed E-state index contributed by atoms with van der Waals surface area (Å²) in [5.41, 5.74) is 1.31. The summed E-state index contributed by atoms with van der Waals surface area (Å²) in [4.78, 5) is 21.0. The number of benzene rings is 1. The highest BCUT2D eigenvalue weighted by Crippen LogP contribution is 2.29. The molecule has 2 aromatic heterocycles. The van der Waals surface area contributed by atoms with Crippen molar-refractivity contribution in [2.75, 3.05) is 51.4 Å². The second kappa shape index (κ2) is 8.48. The van der Waals surface area contributed by atoms with Crippen LogP contribution in [0.3, 0.4) is 0 Å². The molecule has 0 radical (unpaired) electrons. The number of nitrogens with zero attached hydrogens (tertiary/aromatic N) is 4. The lowest BCUT2D eigenvalue weighted by Gasteiger charge is -2.36. The normalized spacial score (nSPS) is 14.4. The van der Waals surface area contributed by atoms with E-state index in [2.05, 4.69) is 9.88 Å². The number of para-hydroxylation sites is 2. The molecule has 1 fully saturated rings. The summed E-state index contributed by atoms with van der Waals surface area (Å²) in [5, 5.41) is 0. The lowest BCUT2D eigenvalue weighted by molar-refractivity contribution is 0.0733. The van der Waals surface area contributed by atoms with E-state index in [-0.39, 0.29) is 11.7 Å². The van der Waals surface area contributed by atoms with Gasteiger partial charge in [-0.15, -0.1) is 0 Å². The fourth-order valence-electron chi connectivity index (χ4n) is 3.51. The van der Waals surface area contributed by atoms with Crippen LogP contribution in [0.15, 0.2) is 48.8 Å². The van der Waals surface area contributed by atoms with E-state index in [1.807, 2.05) is 24.3 Å². The minimum absolute atomic E-state index is 0.195. The van der Waals surface area contributed by atoms with E-state index in [4.69, 9.17) is 9.47 Å². The Hall–Kier alpha value is -3.13. The molecule has 1 aliphatic heterocycles. The zero-order chi connectivity index (χ0) is 20.2. The number of hydrogen-bond acceptors (Lipinski definition) is 5. The van der Waals surface area contributed by atoms with Crippen LogP contribution in [0.5, 0.6) is 5.75 Å². The number of carbonyl (C=O) groups excluding carboxylic acids is 1. The fraction of sp³-hybridized carbons (Fsp3) is 0.333. The number of fused-ring (bicyclic) bond motifs is 1. The van der Waals surface area contributed by atoms with Crippen LogP contribution in [0.4, 0.5) is 10.1 Å². The predicted octanol–water partition coefficient (Wildman–Crippen LogP) is 2.46. The summed E-state index contributed by atoms with van der Waals surface area (Å²) < 4.78 is 26.3. The first-order valence-electron chi connectivity index (χ1n) is 9.55. The van der Waals surface area contributed by atoms with Crippen molar-refractivity contribution in [1.82, 2.24) is 14.3 Å². The first-order chi connectivity index (χ1) is 14.2. The number of carbonyl (C=O) groups is 1. The van der Waals surface area contributed by atoms with Crippen LogP contribution in [0.25, 0.3) is 5.52 Å². The lowest BCUT2D eigenvalue weighted by Crippen LogP contribution is -2.49. The Labute approximate surface area is 168 Å². The number of imidazole rings is 1. The molecule has 0 aliphatic carbocycles. The number of ether oxygens (including phenoxy) is 2. The molecular formula is C21H23FN4O3. The summed E-state index contributed by atoms with van der Waals surface area (Å²) in [7, 11) is 1.64. The lowest BCUT2D eigenvalue weighted by atomic mass is 10.2. The topological polar surface area (TPSA) is 59.3 Å². The van der Waals surface area contributed by atoms with Gasteiger partial charge in [0.15, 0.2) is 0 Å². The summed E-state index contributed by atoms with van der Waals surface area (Å²) in [5.74, 6) is 0.448. The number of methoxy groups -OCH3 is 1. The third kappa shape index (κ3) is 3.88. The molecule has 8 heteroatoms. The molecule has 1 saturated heterocycles. The van der Waals surface area contributed by atoms with E-state index >= 15 is 0 Å². The molecule has 3 aromatic rings. The molecule has 3 heterocycles. The Morgan fingerprint density at radius 1 is 1.10 bits per heavy atom. The molecule has 1 aromatic carbocycles. The van der Waals surface area contributed by atoms with Crippen LogP contribution in [-0.2, 0) is 4.74 Å². The van der Waals surface area contributed by atoms with E-state index in [1.165, 1.54) is 16.7 Å². The summed E-state index contributed by atoms with van der Waals surface area (Å²) in [6, 6.07) is 10.8. The average Bonchev–Trinajstić information content (AvgIpc) is 3.19. The van der Waals surface area contributed by atoms with Crippen molar-refractivity contribution >= 4 is 17.1 Å². The van der Waals surface area contributed by atoms with E-state index in [0.717, 1.165) is 11.4 Å². The Balaban J connectivity index is 1.44. The van der Waals surface area contributed by atoms with Gasteiger partial charge in [0.1, 0.15) is 23.7 Å². The first kappa shape index (κ1) is 19.2. The number of halogens is 1. The second-order valence-electron chi connectivity index (χ2n) is 6.78. The van der Waals surface area contributed by atoms with Crippen molar-refractivity contribution < 1.29 is 18.7 Å². The zero-order valence-corrected chi connectivity index (χ0v) is 16.3. The summed E-state index contributed by atoms with van der Waals surface area (Å²) >= 11 is 0. The van der Waals surface area contributed by atoms with Gasteiger partial charge in [-0.2, -0.15) is 0 Å². The Morgan fingerprint density at radius 3 is 2.69 bits per heavy atom. The molecule has 1 aliphatic rings. The summed E-state index contributed by atoms with van der Waals surface area (Å²) in [6.45, 7) is 3.46. The van der Waals surface area contributed by atoms with Gasteiger partial charge in [-0.05, 0) is 24.3 Å². The van der Waals surface area contributed by atoms with Crippen molar-refractivity contribution in [1.29, 1.82) is 0 Å². The van der Waals surface area contributed by atoms with E-state index in [0.29, 0.717) is 44.9 Å². The van der Waals surface area contributed by atoms with Crippen LogP contribution in [0.1, 0.15) is 10.6 Å². The number of amides is 1. The van der Waals surface area contributed by atoms with Crippen molar-refractivity contribution in [3.8, 4) is 5.75 Å². The highest BCUT2D eigenvalue weighted by molar-refractivity contribution is 5.92. The van der Waals surface area contributed by atoms with Gasteiger partial charge in [0.2, 0.25) is 5.82 Å². The minimum atomic E-state index is -0.394. The number of anilines is 1. The molecule has 0 saturated carbocycles. The molecule has 0 spiro atoms. The van der Waals surface area contributed by atoms with E-state index < -0.39 is 5.82 Å². The molecule has 152 valence electrons. The highest BCUT2D eigenvalue weighted by atomic mass is 19.1. The third-order valence-corrected chi connectivity index (χ3v) is 5.03. The maximum absolute atomic E-state index is 13.9. The number of piperazine rings is 1. The van der Waals surface area contributed by atoms with Crippen molar-refractivity contribution in [3.05, 3.63) is 60.4 Å². The van der Waals surface area contributed by atoms with E-state index in [9.17, 15) is 9.18 Å². The third-order valence-electron chi connectivity index (χ3n) is 5.03. The van der Waals surface area contributed by atoms with Crippen molar-refractivity contribution in [2.45, 2.75) is 0 Å². The maximum atomic E-state index is 13.9. The molecule has 29 heavy (non-hydrogen) atoms. The quantitative estimate of drug-likeness (QED) is 0.597. The SMILES string of the molecule is COCCOc1ccccc1N1CCN(C(=O)c2ncc3c(F)cccn23)CC1. The van der Waals surface area contributed by atoms with Gasteiger partial charge in [0.05, 0.1) is 18.5 Å². The highest BCUT2D eigenvalue weighted by Gasteiger charge is 2.26. The number of hydrogen-bond donors (Lipinski definition) is 0. The Morgan fingerprint density at radius 2 is 1.90 bits per heavy atom. The van der Waals surface area contributed by atoms with Gasteiger partial charge in [-0.1, -0.05) is 12.1 Å². The van der Waals surface area contributed by atoms with Gasteiger partial charge in [0, 0.05) is 39.5 Å². The average molecular weight is 398 g/mol. The largest absolute Gasteiger partial charge is 0.489 e. The fourth-order valence-corrected chi connectivity index (χ4v) is 3.51. The smallest absolute Gasteiger partial charge is 0.290 e. The monoisotopic (exact) mass is 398 g/mol. The predicted molar refractivity (Wildman–Crippen MR) is 107 cm³/mol. The standard InChI is InChI=1S/C21H23FN4O3/c1-28-13-14-29-19-7-3-2-6-17(19)24-9-11-25(12-10-24)21(27)20-23-15-18-16(22)5-4-8-26(18)20/h2-8,15H,9-14H2,1H3. The minimum Gasteiger partial charge on any atom is -0.489 e. The van der Waals surface area contributed by atoms with Gasteiger partial charge in [-0.25, -0.2) is 9.37 Å². The molecular weight excluding hydrogens is 375 g/mol. The molecule has 0 atom stereocenters. The van der Waals surface area contributed by atoms with Crippen molar-refractivity contribution in [2.24, 2.45) is 0 Å². The van der Waals surface area contributed by atoms with Crippen molar-refractivity contribution in [3.63, 3.8) is 0 Å². The van der Waals surface area contributed by atoms with Gasteiger partial charge < -0.3 is 19.3 Å². The van der Waals surface area contributed by atoms with Crippen LogP contribution in [0, 0.1) is 5.82 Å². The number of rotatable bonds is 6. The molecule has 0 N–H and O–H groups in total. The van der Waals surface area contributed by atoms with Gasteiger partial charge >= 0.3 is 0 Å². The van der Waals surface area contributed by atoms with Gasteiger partial charge in [-0.3, -0.25) is 9.20 Å². The van der Waals surface area contributed by atoms with Crippen LogP contribution in [0.2, 0.25) is 0 Å². The molecule has 0 unspecified atom stereocenters. The molecule has 1 amide bonds. The van der Waals surface area contributed by atoms with Crippen LogP contribution in [-0.4, -0.2) is 66.7 Å².